The molecule has 0 aliphatic heterocycles. The molecule has 11 aromatic carbocycles. The van der Waals surface area contributed by atoms with Crippen molar-refractivity contribution in [2.45, 2.75) is 44.4 Å². The van der Waals surface area contributed by atoms with Gasteiger partial charge in [0, 0.05) is 32.9 Å². The molecule has 72 heavy (non-hydrogen) atoms. The summed E-state index contributed by atoms with van der Waals surface area (Å²) in [5.74, 6) is 0.254. The second-order valence-electron chi connectivity index (χ2n) is 21.6. The summed E-state index contributed by atoms with van der Waals surface area (Å²) >= 11 is 0. The Hall–Kier alpha value is -8.52. The monoisotopic (exact) mass is 917 g/mol. The molecule has 0 bridgehead atoms. The molecule has 1 unspecified atom stereocenters. The van der Waals surface area contributed by atoms with E-state index in [0.29, 0.717) is 0 Å². The highest BCUT2D eigenvalue weighted by Crippen LogP contribution is 2.54. The molecule has 1 heteroatoms. The van der Waals surface area contributed by atoms with E-state index in [1.165, 1.54) is 144 Å². The summed E-state index contributed by atoms with van der Waals surface area (Å²) in [7, 11) is 0. The lowest BCUT2D eigenvalue weighted by Gasteiger charge is -2.24. The Morgan fingerprint density at radius 1 is 0.306 bits per heavy atom. The van der Waals surface area contributed by atoms with E-state index in [9.17, 15) is 0 Å². The van der Waals surface area contributed by atoms with Gasteiger partial charge < -0.3 is 4.57 Å². The van der Waals surface area contributed by atoms with Gasteiger partial charge >= 0.3 is 0 Å². The van der Waals surface area contributed by atoms with Gasteiger partial charge in [-0.1, -0.05) is 204 Å². The maximum atomic E-state index is 2.48. The number of rotatable bonds is 5. The second-order valence-corrected chi connectivity index (χ2v) is 21.6. The maximum Gasteiger partial charge on any atom is 0.0541 e. The minimum Gasteiger partial charge on any atom is -0.309 e. The number of aromatic nitrogens is 1. The second kappa shape index (κ2) is 15.0. The minimum absolute atomic E-state index is 0.158. The first-order valence-corrected chi connectivity index (χ1v) is 25.6. The largest absolute Gasteiger partial charge is 0.309 e. The lowest BCUT2D eigenvalue weighted by Crippen LogP contribution is -2.15. The molecule has 0 saturated carbocycles. The van der Waals surface area contributed by atoms with Crippen LogP contribution in [0.3, 0.4) is 0 Å². The first-order chi connectivity index (χ1) is 35.2. The third kappa shape index (κ3) is 5.83. The molecule has 0 fully saturated rings. The SMILES string of the molecule is CC1(C)c2cc(-c3ccc4c(c3)-c3ccccc3C4c3ccccc3)ccc2-c2ccc(-c3ccc4c(c3)C(C)(C)c3cc(-c5ccc6c(c5)c5ccccc5n6-c5cccc6ccccc56)ccc3-4)cc21. The van der Waals surface area contributed by atoms with Gasteiger partial charge in [0.15, 0.2) is 0 Å². The molecule has 340 valence electrons. The van der Waals surface area contributed by atoms with Crippen LogP contribution in [0.15, 0.2) is 231 Å². The lowest BCUT2D eigenvalue weighted by atomic mass is 9.79. The fraction of sp³-hybridized carbons (Fsp3) is 0.0986. The maximum absolute atomic E-state index is 2.48. The Balaban J connectivity index is 0.747. The smallest absolute Gasteiger partial charge is 0.0541 e. The van der Waals surface area contributed by atoms with Gasteiger partial charge in [0.2, 0.25) is 0 Å². The van der Waals surface area contributed by atoms with Crippen molar-refractivity contribution in [2.75, 3.05) is 0 Å². The third-order valence-electron chi connectivity index (χ3n) is 17.1. The van der Waals surface area contributed by atoms with Crippen molar-refractivity contribution in [3.63, 3.8) is 0 Å². The summed E-state index contributed by atoms with van der Waals surface area (Å²) in [5, 5.41) is 5.05. The van der Waals surface area contributed by atoms with E-state index in [-0.39, 0.29) is 16.7 Å². The van der Waals surface area contributed by atoms with E-state index in [2.05, 4.69) is 263 Å². The molecule has 1 heterocycles. The number of nitrogens with zero attached hydrogens (tertiary/aromatic N) is 1. The first kappa shape index (κ1) is 41.3. The summed E-state index contributed by atoms with van der Waals surface area (Å²) < 4.78 is 2.45. The van der Waals surface area contributed by atoms with E-state index in [1.807, 2.05) is 0 Å². The molecule has 0 saturated heterocycles. The van der Waals surface area contributed by atoms with Crippen molar-refractivity contribution in [1.29, 1.82) is 0 Å². The van der Waals surface area contributed by atoms with Crippen molar-refractivity contribution in [1.82, 2.24) is 4.57 Å². The Bertz CT molecular complexity index is 4270. The average molecular weight is 918 g/mol. The minimum atomic E-state index is -0.171. The number of hydrogen-bond donors (Lipinski definition) is 0. The molecular weight excluding hydrogens is 867 g/mol. The Kier molecular flexibility index (Phi) is 8.60. The van der Waals surface area contributed by atoms with E-state index in [0.717, 1.165) is 0 Å². The number of benzene rings is 11. The van der Waals surface area contributed by atoms with Crippen LogP contribution >= 0.6 is 0 Å². The van der Waals surface area contributed by atoms with Crippen molar-refractivity contribution >= 4 is 32.6 Å². The molecule has 3 aliphatic carbocycles. The van der Waals surface area contributed by atoms with Crippen LogP contribution in [0.5, 0.6) is 0 Å². The van der Waals surface area contributed by atoms with Gasteiger partial charge in [-0.3, -0.25) is 0 Å². The van der Waals surface area contributed by atoms with Crippen LogP contribution in [0, 0.1) is 0 Å². The standard InChI is InChI=1S/C71H51N/c1-70(2)62-39-47(45-29-35-59-60(37-45)52-20-10-11-22-58(52)69(59)44-16-6-5-7-17-44)25-31-53(62)55-33-27-49(41-64(55)70)50-28-34-56-54-32-26-48(40-63(54)71(3,4)65(56)42-50)46-30-36-68-61(38-46)57-21-12-13-23-67(57)72(68)66-24-14-18-43-15-8-9-19-51(43)66/h5-42,69H,1-4H3. The molecule has 0 spiro atoms. The normalized spacial score (nSPS) is 15.3. The van der Waals surface area contributed by atoms with Crippen molar-refractivity contribution in [2.24, 2.45) is 0 Å². The highest BCUT2D eigenvalue weighted by atomic mass is 15.0. The number of para-hydroxylation sites is 1. The van der Waals surface area contributed by atoms with Crippen LogP contribution in [0.1, 0.15) is 72.6 Å². The quantitative estimate of drug-likeness (QED) is 0.162. The summed E-state index contributed by atoms with van der Waals surface area (Å²) in [6, 6.07) is 87.1. The third-order valence-corrected chi connectivity index (χ3v) is 17.1. The fourth-order valence-electron chi connectivity index (χ4n) is 13.4. The molecule has 0 radical (unpaired) electrons. The van der Waals surface area contributed by atoms with Gasteiger partial charge in [0.1, 0.15) is 0 Å². The van der Waals surface area contributed by atoms with Gasteiger partial charge in [0.25, 0.3) is 0 Å². The molecule has 0 N–H and O–H groups in total. The van der Waals surface area contributed by atoms with Crippen LogP contribution in [-0.4, -0.2) is 4.57 Å². The molecule has 1 atom stereocenters. The highest BCUT2D eigenvalue weighted by molar-refractivity contribution is 6.12. The Labute approximate surface area is 421 Å². The van der Waals surface area contributed by atoms with E-state index in [4.69, 9.17) is 0 Å². The van der Waals surface area contributed by atoms with Crippen molar-refractivity contribution in [3.8, 4) is 72.4 Å². The summed E-state index contributed by atoms with van der Waals surface area (Å²) in [6.45, 7) is 9.65. The molecule has 1 aromatic heterocycles. The molecule has 15 rings (SSSR count). The highest BCUT2D eigenvalue weighted by Gasteiger charge is 2.38. The number of hydrogen-bond acceptors (Lipinski definition) is 0. The molecular formula is C71H51N. The summed E-state index contributed by atoms with van der Waals surface area (Å²) in [4.78, 5) is 0. The van der Waals surface area contributed by atoms with Crippen LogP contribution in [0.2, 0.25) is 0 Å². The Morgan fingerprint density at radius 2 is 0.764 bits per heavy atom. The zero-order valence-corrected chi connectivity index (χ0v) is 41.0. The van der Waals surface area contributed by atoms with E-state index in [1.54, 1.807) is 0 Å². The van der Waals surface area contributed by atoms with Crippen LogP contribution in [0.25, 0.3) is 105 Å². The summed E-state index contributed by atoms with van der Waals surface area (Å²) in [5.41, 5.74) is 28.7. The van der Waals surface area contributed by atoms with Crippen LogP contribution in [0.4, 0.5) is 0 Å². The lowest BCUT2D eigenvalue weighted by molar-refractivity contribution is 0.660. The predicted octanol–water partition coefficient (Wildman–Crippen LogP) is 18.7. The van der Waals surface area contributed by atoms with Crippen molar-refractivity contribution < 1.29 is 0 Å². The number of fused-ring (bicyclic) bond motifs is 13. The van der Waals surface area contributed by atoms with E-state index >= 15 is 0 Å². The fourth-order valence-corrected chi connectivity index (χ4v) is 13.4. The molecule has 3 aliphatic rings. The first-order valence-electron chi connectivity index (χ1n) is 25.6. The predicted molar refractivity (Wildman–Crippen MR) is 303 cm³/mol. The zero-order valence-electron chi connectivity index (χ0n) is 41.0. The zero-order chi connectivity index (χ0) is 48.0. The summed E-state index contributed by atoms with van der Waals surface area (Å²) in [6.07, 6.45) is 0. The van der Waals surface area contributed by atoms with Gasteiger partial charge in [-0.05, 0) is 166 Å². The van der Waals surface area contributed by atoms with Crippen LogP contribution in [-0.2, 0) is 10.8 Å². The van der Waals surface area contributed by atoms with Gasteiger partial charge in [0.05, 0.1) is 16.7 Å². The Morgan fingerprint density at radius 3 is 1.40 bits per heavy atom. The average Bonchev–Trinajstić information content (AvgIpc) is 4.08. The van der Waals surface area contributed by atoms with Gasteiger partial charge in [-0.15, -0.1) is 0 Å². The van der Waals surface area contributed by atoms with Crippen LogP contribution < -0.4 is 0 Å². The topological polar surface area (TPSA) is 4.93 Å². The van der Waals surface area contributed by atoms with Gasteiger partial charge in [-0.25, -0.2) is 0 Å². The van der Waals surface area contributed by atoms with Gasteiger partial charge in [-0.2, -0.15) is 0 Å². The molecule has 12 aromatic rings. The molecule has 0 amide bonds. The molecule has 1 nitrogen and oxygen atoms in total. The van der Waals surface area contributed by atoms with E-state index < -0.39 is 0 Å². The van der Waals surface area contributed by atoms with Crippen molar-refractivity contribution in [3.05, 3.63) is 269 Å².